The molecule has 7 heteroatoms. The van der Waals surface area contributed by atoms with Crippen molar-refractivity contribution in [2.45, 2.75) is 44.2 Å². The molecule has 0 spiro atoms. The molecule has 4 amide bonds. The summed E-state index contributed by atoms with van der Waals surface area (Å²) in [7, 11) is 0. The van der Waals surface area contributed by atoms with Gasteiger partial charge in [0.1, 0.15) is 12.1 Å². The monoisotopic (exact) mass is 411 g/mol. The summed E-state index contributed by atoms with van der Waals surface area (Å²) < 4.78 is 0. The Morgan fingerprint density at radius 2 is 1.93 bits per heavy atom. The lowest BCUT2D eigenvalue weighted by Crippen LogP contribution is -2.44. The molecular formula is C22H25N3O3S. The fourth-order valence-electron chi connectivity index (χ4n) is 4.35. The van der Waals surface area contributed by atoms with Crippen LogP contribution in [0.3, 0.4) is 0 Å². The molecule has 2 aliphatic rings. The van der Waals surface area contributed by atoms with Crippen LogP contribution in [0.25, 0.3) is 0 Å². The maximum Gasteiger partial charge on any atom is 0.325 e. The number of nitrogens with one attached hydrogen (secondary N) is 2. The van der Waals surface area contributed by atoms with E-state index < -0.39 is 17.5 Å². The lowest BCUT2D eigenvalue weighted by atomic mass is 9.92. The molecule has 1 aromatic heterocycles. The van der Waals surface area contributed by atoms with Gasteiger partial charge in [0.15, 0.2) is 0 Å². The Morgan fingerprint density at radius 3 is 2.59 bits per heavy atom. The summed E-state index contributed by atoms with van der Waals surface area (Å²) in [5.41, 5.74) is -0.458. The van der Waals surface area contributed by atoms with Crippen molar-refractivity contribution < 1.29 is 14.4 Å². The van der Waals surface area contributed by atoms with E-state index in [9.17, 15) is 14.4 Å². The maximum absolute atomic E-state index is 13.0. The predicted molar refractivity (Wildman–Crippen MR) is 111 cm³/mol. The van der Waals surface area contributed by atoms with Gasteiger partial charge < -0.3 is 10.6 Å². The molecule has 1 saturated heterocycles. The highest BCUT2D eigenvalue weighted by atomic mass is 32.1. The molecule has 2 fully saturated rings. The van der Waals surface area contributed by atoms with Crippen LogP contribution in [0.4, 0.5) is 4.79 Å². The number of imide groups is 1. The van der Waals surface area contributed by atoms with Crippen molar-refractivity contribution in [2.24, 2.45) is 5.92 Å². The van der Waals surface area contributed by atoms with Crippen LogP contribution in [-0.4, -0.2) is 29.3 Å². The summed E-state index contributed by atoms with van der Waals surface area (Å²) in [4.78, 5) is 40.5. The SMILES string of the molecule is CC1(c2ccccc2)NC(=O)N(CC(=O)NC(c2cccs2)C2CCCC2)C1=O. The summed E-state index contributed by atoms with van der Waals surface area (Å²) >= 11 is 1.63. The van der Waals surface area contributed by atoms with Crippen LogP contribution in [0.2, 0.25) is 0 Å². The van der Waals surface area contributed by atoms with Crippen molar-refractivity contribution in [3.8, 4) is 0 Å². The first-order valence-electron chi connectivity index (χ1n) is 10.0. The van der Waals surface area contributed by atoms with Crippen LogP contribution in [0.15, 0.2) is 47.8 Å². The van der Waals surface area contributed by atoms with Gasteiger partial charge in [0, 0.05) is 4.88 Å². The maximum atomic E-state index is 13.0. The second-order valence-corrected chi connectivity index (χ2v) is 8.90. The zero-order valence-corrected chi connectivity index (χ0v) is 17.2. The van der Waals surface area contributed by atoms with Crippen molar-refractivity contribution in [2.75, 3.05) is 6.54 Å². The van der Waals surface area contributed by atoms with E-state index in [1.165, 1.54) is 12.8 Å². The van der Waals surface area contributed by atoms with Crippen molar-refractivity contribution >= 4 is 29.2 Å². The van der Waals surface area contributed by atoms with Crippen LogP contribution in [-0.2, 0) is 15.1 Å². The van der Waals surface area contributed by atoms with Crippen LogP contribution in [0, 0.1) is 5.92 Å². The number of urea groups is 1. The minimum absolute atomic E-state index is 0.0636. The Labute approximate surface area is 174 Å². The quantitative estimate of drug-likeness (QED) is 0.714. The van der Waals surface area contributed by atoms with Crippen molar-refractivity contribution in [3.63, 3.8) is 0 Å². The second kappa shape index (κ2) is 7.99. The minimum Gasteiger partial charge on any atom is -0.347 e. The molecule has 1 aliphatic carbocycles. The van der Waals surface area contributed by atoms with Crippen LogP contribution < -0.4 is 10.6 Å². The first kappa shape index (κ1) is 19.6. The standard InChI is InChI=1S/C22H25N3O3S/c1-22(16-10-3-2-4-11-16)20(27)25(21(28)24-22)14-18(26)23-19(15-8-5-6-9-15)17-12-7-13-29-17/h2-4,7,10-13,15,19H,5-6,8-9,14H2,1H3,(H,23,26)(H,24,28). The molecule has 4 rings (SSSR count). The topological polar surface area (TPSA) is 78.5 Å². The Balaban J connectivity index is 1.47. The average molecular weight is 412 g/mol. The van der Waals surface area contributed by atoms with E-state index in [1.807, 2.05) is 35.7 Å². The van der Waals surface area contributed by atoms with Gasteiger partial charge >= 0.3 is 6.03 Å². The number of carbonyl (C=O) groups excluding carboxylic acids is 3. The molecule has 0 radical (unpaired) electrons. The van der Waals surface area contributed by atoms with Gasteiger partial charge in [-0.2, -0.15) is 0 Å². The van der Waals surface area contributed by atoms with Crippen LogP contribution >= 0.6 is 11.3 Å². The highest BCUT2D eigenvalue weighted by Crippen LogP contribution is 2.37. The van der Waals surface area contributed by atoms with E-state index in [0.717, 1.165) is 22.6 Å². The van der Waals surface area contributed by atoms with Gasteiger partial charge in [-0.1, -0.05) is 49.2 Å². The molecule has 1 aromatic carbocycles. The molecule has 2 aromatic rings. The third kappa shape index (κ3) is 3.79. The number of nitrogens with zero attached hydrogens (tertiary/aromatic N) is 1. The number of benzene rings is 1. The molecule has 2 heterocycles. The molecule has 2 atom stereocenters. The fourth-order valence-corrected chi connectivity index (χ4v) is 5.22. The Morgan fingerprint density at radius 1 is 1.21 bits per heavy atom. The molecule has 1 saturated carbocycles. The van der Waals surface area contributed by atoms with Crippen LogP contribution in [0.5, 0.6) is 0 Å². The summed E-state index contributed by atoms with van der Waals surface area (Å²) in [6, 6.07) is 12.5. The minimum atomic E-state index is -1.16. The van der Waals surface area contributed by atoms with E-state index in [0.29, 0.717) is 11.5 Å². The van der Waals surface area contributed by atoms with E-state index in [4.69, 9.17) is 0 Å². The van der Waals surface area contributed by atoms with Gasteiger partial charge in [0.2, 0.25) is 5.91 Å². The molecule has 2 N–H and O–H groups in total. The Bertz CT molecular complexity index is 893. The Kier molecular flexibility index (Phi) is 5.41. The van der Waals surface area contributed by atoms with Gasteiger partial charge in [-0.05, 0) is 42.7 Å². The summed E-state index contributed by atoms with van der Waals surface area (Å²) in [6.45, 7) is 1.40. The van der Waals surface area contributed by atoms with E-state index in [-0.39, 0.29) is 18.5 Å². The third-order valence-corrected chi connectivity index (χ3v) is 6.92. The van der Waals surface area contributed by atoms with Crippen molar-refractivity contribution in [3.05, 3.63) is 58.3 Å². The molecular weight excluding hydrogens is 386 g/mol. The second-order valence-electron chi connectivity index (χ2n) is 7.92. The van der Waals surface area contributed by atoms with Gasteiger partial charge in [-0.25, -0.2) is 4.79 Å². The zero-order valence-electron chi connectivity index (χ0n) is 16.4. The summed E-state index contributed by atoms with van der Waals surface area (Å²) in [5.74, 6) is -0.316. The van der Waals surface area contributed by atoms with Gasteiger partial charge in [0.25, 0.3) is 5.91 Å². The zero-order chi connectivity index (χ0) is 20.4. The number of hydrogen-bond donors (Lipinski definition) is 2. The van der Waals surface area contributed by atoms with Crippen LogP contribution in [0.1, 0.15) is 49.1 Å². The predicted octanol–water partition coefficient (Wildman–Crippen LogP) is 3.56. The number of thiophene rings is 1. The van der Waals surface area contributed by atoms with E-state index in [2.05, 4.69) is 10.6 Å². The number of hydrogen-bond acceptors (Lipinski definition) is 4. The molecule has 29 heavy (non-hydrogen) atoms. The fraction of sp³-hybridized carbons (Fsp3) is 0.409. The number of amides is 4. The van der Waals surface area contributed by atoms with E-state index >= 15 is 0 Å². The molecule has 152 valence electrons. The van der Waals surface area contributed by atoms with Gasteiger partial charge in [-0.15, -0.1) is 11.3 Å². The molecule has 1 aliphatic heterocycles. The lowest BCUT2D eigenvalue weighted by molar-refractivity contribution is -0.135. The number of rotatable bonds is 6. The normalized spacial score (nSPS) is 23.3. The smallest absolute Gasteiger partial charge is 0.325 e. The average Bonchev–Trinajstić information content (AvgIpc) is 3.47. The highest BCUT2D eigenvalue weighted by Gasteiger charge is 2.49. The summed E-state index contributed by atoms with van der Waals surface area (Å²) in [6.07, 6.45) is 4.51. The highest BCUT2D eigenvalue weighted by molar-refractivity contribution is 7.10. The van der Waals surface area contributed by atoms with Gasteiger partial charge in [0.05, 0.1) is 6.04 Å². The third-order valence-electron chi connectivity index (χ3n) is 5.97. The molecule has 2 unspecified atom stereocenters. The molecule has 6 nitrogen and oxygen atoms in total. The number of carbonyl (C=O) groups is 3. The first-order valence-corrected chi connectivity index (χ1v) is 10.9. The largest absolute Gasteiger partial charge is 0.347 e. The van der Waals surface area contributed by atoms with Crippen molar-refractivity contribution in [1.29, 1.82) is 0 Å². The van der Waals surface area contributed by atoms with E-state index in [1.54, 1.807) is 30.4 Å². The van der Waals surface area contributed by atoms with Gasteiger partial charge in [-0.3, -0.25) is 14.5 Å². The first-order chi connectivity index (χ1) is 14.0. The molecule has 0 bridgehead atoms. The Hall–Kier alpha value is -2.67. The van der Waals surface area contributed by atoms with Crippen molar-refractivity contribution in [1.82, 2.24) is 15.5 Å². The lowest BCUT2D eigenvalue weighted by Gasteiger charge is -2.25. The summed E-state index contributed by atoms with van der Waals surface area (Å²) in [5, 5.41) is 7.85.